The maximum absolute atomic E-state index is 4.19. The van der Waals surface area contributed by atoms with E-state index in [4.69, 9.17) is 0 Å². The molecule has 0 aliphatic heterocycles. The molecule has 0 N–H and O–H groups in total. The summed E-state index contributed by atoms with van der Waals surface area (Å²) in [5.74, 6) is 0. The van der Waals surface area contributed by atoms with Crippen LogP contribution in [0.2, 0.25) is 0 Å². The average molecular weight is 738 g/mol. The predicted octanol–water partition coefficient (Wildman–Crippen LogP) is 15.5. The van der Waals surface area contributed by atoms with Gasteiger partial charge >= 0.3 is 0 Å². The van der Waals surface area contributed by atoms with Gasteiger partial charge in [0.1, 0.15) is 0 Å². The van der Waals surface area contributed by atoms with Crippen LogP contribution in [0, 0.1) is 0 Å². The number of hydrogen-bond acceptors (Lipinski definition) is 2. The molecule has 8 aromatic rings. The molecule has 0 spiro atoms. The van der Waals surface area contributed by atoms with Crippen molar-refractivity contribution in [2.24, 2.45) is 0 Å². The van der Waals surface area contributed by atoms with Crippen molar-refractivity contribution in [3.8, 4) is 22.3 Å². The summed E-state index contributed by atoms with van der Waals surface area (Å²) in [6.07, 6.45) is 8.69. The lowest BCUT2D eigenvalue weighted by atomic mass is 9.78. The molecule has 0 amide bonds. The molecule has 270 valence electrons. The fourth-order valence-corrected chi connectivity index (χ4v) is 9.31. The van der Waals surface area contributed by atoms with Crippen LogP contribution in [-0.2, 0) is 5.41 Å². The Hall–Kier alpha value is -6.48. The maximum Gasteiger partial charge on any atom is 0.0458 e. The largest absolute Gasteiger partial charge is 0.315 e. The van der Waals surface area contributed by atoms with Crippen molar-refractivity contribution >= 4 is 60.1 Å². The molecule has 9 rings (SSSR count). The second-order valence-corrected chi connectivity index (χ2v) is 16.2. The average Bonchev–Trinajstić information content (AvgIpc) is 3.75. The number of hydrogen-bond donors (Lipinski definition) is 0. The monoisotopic (exact) mass is 737 g/mol. The fourth-order valence-electron chi connectivity index (χ4n) is 8.22. The summed E-state index contributed by atoms with van der Waals surface area (Å²) in [6.45, 7) is 11.0. The van der Waals surface area contributed by atoms with Crippen LogP contribution >= 0.6 is 11.3 Å². The van der Waals surface area contributed by atoms with E-state index in [9.17, 15) is 0 Å². The third-order valence-corrected chi connectivity index (χ3v) is 12.4. The third kappa shape index (κ3) is 6.53. The van der Waals surface area contributed by atoms with Crippen LogP contribution in [0.15, 0.2) is 200 Å². The lowest BCUT2D eigenvalue weighted by Crippen LogP contribution is -2.17. The smallest absolute Gasteiger partial charge is 0.0458 e. The zero-order chi connectivity index (χ0) is 38.2. The normalized spacial score (nSPS) is 13.8. The number of anilines is 2. The molecule has 0 saturated carbocycles. The first-order chi connectivity index (χ1) is 27.4. The molecule has 56 heavy (non-hydrogen) atoms. The van der Waals surface area contributed by atoms with Gasteiger partial charge in [-0.2, -0.15) is 0 Å². The van der Waals surface area contributed by atoms with Crippen LogP contribution in [-0.4, -0.2) is 0 Å². The molecule has 1 aromatic heterocycles. The summed E-state index contributed by atoms with van der Waals surface area (Å²) in [5.41, 5.74) is 15.6. The van der Waals surface area contributed by atoms with Crippen molar-refractivity contribution in [2.75, 3.05) is 4.90 Å². The van der Waals surface area contributed by atoms with Gasteiger partial charge in [-0.25, -0.2) is 0 Å². The summed E-state index contributed by atoms with van der Waals surface area (Å²) < 4.78 is 2.65. The Bertz CT molecular complexity index is 2810. The highest BCUT2D eigenvalue weighted by Crippen LogP contribution is 2.47. The number of allylic oxidation sites excluding steroid dienone is 6. The van der Waals surface area contributed by atoms with Gasteiger partial charge in [0, 0.05) is 42.7 Å². The van der Waals surface area contributed by atoms with E-state index in [1.165, 1.54) is 64.7 Å². The topological polar surface area (TPSA) is 3.24 Å². The van der Waals surface area contributed by atoms with E-state index >= 15 is 0 Å². The van der Waals surface area contributed by atoms with E-state index in [2.05, 4.69) is 220 Å². The molecule has 7 aromatic carbocycles. The number of fused-ring (bicyclic) bond motifs is 4. The van der Waals surface area contributed by atoms with Crippen LogP contribution in [0.1, 0.15) is 43.0 Å². The summed E-state index contributed by atoms with van der Waals surface area (Å²) in [4.78, 5) is 2.35. The third-order valence-electron chi connectivity index (χ3n) is 11.3. The summed E-state index contributed by atoms with van der Waals surface area (Å²) >= 11 is 1.86. The lowest BCUT2D eigenvalue weighted by Gasteiger charge is -2.28. The molecule has 1 nitrogen and oxygen atoms in total. The first-order valence-electron chi connectivity index (χ1n) is 19.3. The van der Waals surface area contributed by atoms with Crippen molar-refractivity contribution in [2.45, 2.75) is 26.2 Å². The minimum Gasteiger partial charge on any atom is -0.315 e. The highest BCUT2D eigenvalue weighted by molar-refractivity contribution is 7.25. The Balaban J connectivity index is 1.07. The number of benzene rings is 7. The molecule has 2 heteroatoms. The molecule has 1 heterocycles. The number of rotatable bonds is 9. The van der Waals surface area contributed by atoms with Gasteiger partial charge in [0.05, 0.1) is 0 Å². The van der Waals surface area contributed by atoms with Crippen LogP contribution in [0.5, 0.6) is 0 Å². The quantitative estimate of drug-likeness (QED) is 0.133. The minimum absolute atomic E-state index is 0.0625. The molecule has 1 aliphatic rings. The molecule has 1 aliphatic carbocycles. The minimum atomic E-state index is -0.0625. The van der Waals surface area contributed by atoms with Gasteiger partial charge in [-0.15, -0.1) is 11.3 Å². The van der Waals surface area contributed by atoms with Gasteiger partial charge in [0.25, 0.3) is 0 Å². The van der Waals surface area contributed by atoms with Gasteiger partial charge in [-0.05, 0) is 117 Å². The zero-order valence-electron chi connectivity index (χ0n) is 32.0. The first-order valence-corrected chi connectivity index (χ1v) is 20.1. The van der Waals surface area contributed by atoms with Crippen molar-refractivity contribution in [3.05, 3.63) is 223 Å². The molecule has 0 saturated heterocycles. The van der Waals surface area contributed by atoms with Crippen molar-refractivity contribution in [1.29, 1.82) is 0 Å². The first kappa shape index (κ1) is 35.2. The highest BCUT2D eigenvalue weighted by atomic mass is 32.1. The Labute approximate surface area is 334 Å². The van der Waals surface area contributed by atoms with Gasteiger partial charge in [0.15, 0.2) is 0 Å². The summed E-state index contributed by atoms with van der Waals surface area (Å²) in [7, 11) is 0. The zero-order valence-corrected chi connectivity index (χ0v) is 32.9. The molecule has 0 fully saturated rings. The Morgan fingerprint density at radius 3 is 1.84 bits per heavy atom. The van der Waals surface area contributed by atoms with Crippen molar-refractivity contribution in [1.82, 2.24) is 0 Å². The summed E-state index contributed by atoms with van der Waals surface area (Å²) in [6, 6.07) is 61.6. The molecule has 0 radical (unpaired) electrons. The number of nitrogens with zero attached hydrogens (tertiary/aromatic N) is 1. The van der Waals surface area contributed by atoms with Crippen LogP contribution in [0.3, 0.4) is 0 Å². The van der Waals surface area contributed by atoms with E-state index < -0.39 is 0 Å². The van der Waals surface area contributed by atoms with Crippen LogP contribution in [0.4, 0.5) is 11.4 Å². The molecule has 0 unspecified atom stereocenters. The van der Waals surface area contributed by atoms with Crippen LogP contribution in [0.25, 0.3) is 59.6 Å². The molecular weight excluding hydrogens is 695 g/mol. The maximum atomic E-state index is 4.19. The molecule has 0 bridgehead atoms. The SMILES string of the molecule is C=C/C(=C\C=C(/C)N(c1ccc(C2=Cc3ccccc3C2(C)C)cc1)c1ccc(-c2ccc3sc4ccccc4c3c2)cc1)c1ccc(-c2ccccc2)cc1. The van der Waals surface area contributed by atoms with E-state index in [-0.39, 0.29) is 5.41 Å². The summed E-state index contributed by atoms with van der Waals surface area (Å²) in [5, 5.41) is 2.64. The van der Waals surface area contributed by atoms with Crippen molar-refractivity contribution < 1.29 is 0 Å². The Morgan fingerprint density at radius 2 is 1.12 bits per heavy atom. The van der Waals surface area contributed by atoms with E-state index in [0.29, 0.717) is 0 Å². The van der Waals surface area contributed by atoms with Crippen molar-refractivity contribution in [3.63, 3.8) is 0 Å². The second-order valence-electron chi connectivity index (χ2n) is 15.1. The molecule has 0 atom stereocenters. The van der Waals surface area contributed by atoms with E-state index in [1.807, 2.05) is 17.4 Å². The number of thiophene rings is 1. The molecular formula is C54H43NS. The van der Waals surface area contributed by atoms with Gasteiger partial charge in [-0.1, -0.05) is 160 Å². The Kier molecular flexibility index (Phi) is 9.21. The van der Waals surface area contributed by atoms with Gasteiger partial charge in [-0.3, -0.25) is 0 Å². The standard InChI is InChI=1S/C54H43NS/c1-5-38(40-21-23-41(24-22-40)39-13-7-6-8-14-39)20-19-37(2)55(47-32-27-43(28-33-47)51-36-45-15-9-11-17-50(45)54(51,3)4)46-30-25-42(26-31-46)44-29-34-53-49(35-44)48-16-10-12-18-52(48)56-53/h5-36H,1H2,2-4H3/b37-19+,38-20+. The fraction of sp³-hybridized carbons (Fsp3) is 0.0741. The highest BCUT2D eigenvalue weighted by Gasteiger charge is 2.33. The lowest BCUT2D eigenvalue weighted by molar-refractivity contribution is 0.704. The predicted molar refractivity (Wildman–Crippen MR) is 244 cm³/mol. The van der Waals surface area contributed by atoms with E-state index in [1.54, 1.807) is 0 Å². The second kappa shape index (κ2) is 14.6. The van der Waals surface area contributed by atoms with Gasteiger partial charge < -0.3 is 4.90 Å². The van der Waals surface area contributed by atoms with Gasteiger partial charge in [0.2, 0.25) is 0 Å². The van der Waals surface area contributed by atoms with Crippen LogP contribution < -0.4 is 4.90 Å². The Morgan fingerprint density at radius 1 is 0.554 bits per heavy atom. The van der Waals surface area contributed by atoms with E-state index in [0.717, 1.165) is 28.2 Å².